The van der Waals surface area contributed by atoms with Crippen molar-refractivity contribution < 1.29 is 9.84 Å². The zero-order chi connectivity index (χ0) is 20.8. The van der Waals surface area contributed by atoms with E-state index < -0.39 is 0 Å². The van der Waals surface area contributed by atoms with E-state index in [4.69, 9.17) is 4.74 Å². The summed E-state index contributed by atoms with van der Waals surface area (Å²) in [5, 5.41) is 14.5. The van der Waals surface area contributed by atoms with Crippen LogP contribution in [0.1, 0.15) is 5.56 Å². The highest BCUT2D eigenvalue weighted by Crippen LogP contribution is 2.30. The Morgan fingerprint density at radius 2 is 1.57 bits per heavy atom. The lowest BCUT2D eigenvalue weighted by Gasteiger charge is -2.09. The smallest absolute Gasteiger partial charge is 0.244 e. The van der Waals surface area contributed by atoms with Crippen LogP contribution in [0, 0.1) is 0 Å². The molecule has 0 spiro atoms. The molecule has 0 saturated heterocycles. The SMILES string of the molecule is COc1ccccc1/C=N/Nc1nc(-c2ccccc2)cc(-c2ccccc2O)n1. The van der Waals surface area contributed by atoms with Crippen LogP contribution < -0.4 is 10.2 Å². The van der Waals surface area contributed by atoms with E-state index in [0.717, 1.165) is 22.6 Å². The number of hydrogen-bond donors (Lipinski definition) is 2. The van der Waals surface area contributed by atoms with Gasteiger partial charge in [0.05, 0.1) is 24.7 Å². The van der Waals surface area contributed by atoms with Crippen molar-refractivity contribution >= 4 is 12.2 Å². The maximum Gasteiger partial charge on any atom is 0.244 e. The van der Waals surface area contributed by atoms with Crippen LogP contribution >= 0.6 is 0 Å². The second-order valence-electron chi connectivity index (χ2n) is 6.46. The first kappa shape index (κ1) is 19.1. The average molecular weight is 396 g/mol. The fourth-order valence-corrected chi connectivity index (χ4v) is 3.01. The van der Waals surface area contributed by atoms with Gasteiger partial charge in [0.25, 0.3) is 0 Å². The van der Waals surface area contributed by atoms with Crippen LogP contribution in [-0.2, 0) is 0 Å². The Morgan fingerprint density at radius 1 is 0.867 bits per heavy atom. The van der Waals surface area contributed by atoms with Crippen molar-refractivity contribution in [3.05, 3.63) is 90.5 Å². The van der Waals surface area contributed by atoms with E-state index in [1.807, 2.05) is 72.8 Å². The van der Waals surface area contributed by atoms with E-state index in [-0.39, 0.29) is 5.75 Å². The molecule has 0 aliphatic carbocycles. The van der Waals surface area contributed by atoms with E-state index in [1.165, 1.54) is 0 Å². The topological polar surface area (TPSA) is 79.6 Å². The third kappa shape index (κ3) is 4.28. The van der Waals surface area contributed by atoms with Gasteiger partial charge in [0, 0.05) is 16.7 Å². The number of anilines is 1. The molecule has 0 saturated carbocycles. The first-order valence-corrected chi connectivity index (χ1v) is 9.39. The van der Waals surface area contributed by atoms with E-state index in [1.54, 1.807) is 25.5 Å². The summed E-state index contributed by atoms with van der Waals surface area (Å²) in [6.45, 7) is 0. The van der Waals surface area contributed by atoms with Crippen LogP contribution in [-0.4, -0.2) is 28.4 Å². The van der Waals surface area contributed by atoms with E-state index in [0.29, 0.717) is 17.2 Å². The number of hydrogen-bond acceptors (Lipinski definition) is 6. The van der Waals surface area contributed by atoms with Crippen LogP contribution in [0.2, 0.25) is 0 Å². The zero-order valence-corrected chi connectivity index (χ0v) is 16.4. The maximum absolute atomic E-state index is 10.3. The second kappa shape index (κ2) is 8.87. The summed E-state index contributed by atoms with van der Waals surface area (Å²) in [5.41, 5.74) is 6.59. The molecule has 2 N–H and O–H groups in total. The summed E-state index contributed by atoms with van der Waals surface area (Å²) in [4.78, 5) is 9.12. The number of aromatic hydroxyl groups is 1. The number of methoxy groups -OCH3 is 1. The van der Waals surface area contributed by atoms with Gasteiger partial charge in [0.2, 0.25) is 5.95 Å². The number of rotatable bonds is 6. The fraction of sp³-hybridized carbons (Fsp3) is 0.0417. The van der Waals surface area contributed by atoms with Crippen molar-refractivity contribution in [1.82, 2.24) is 9.97 Å². The Labute approximate surface area is 174 Å². The molecule has 0 amide bonds. The number of phenolic OH excluding ortho intramolecular Hbond substituents is 1. The first-order chi connectivity index (χ1) is 14.7. The number of benzene rings is 3. The molecule has 148 valence electrons. The summed E-state index contributed by atoms with van der Waals surface area (Å²) >= 11 is 0. The molecule has 0 bridgehead atoms. The van der Waals surface area contributed by atoms with Crippen LogP contribution in [0.3, 0.4) is 0 Å². The molecule has 4 rings (SSSR count). The third-order valence-electron chi connectivity index (χ3n) is 4.48. The van der Waals surface area contributed by atoms with Crippen molar-refractivity contribution in [3.63, 3.8) is 0 Å². The predicted octanol–water partition coefficient (Wildman–Crippen LogP) is 4.97. The second-order valence-corrected chi connectivity index (χ2v) is 6.46. The Balaban J connectivity index is 1.71. The Hall–Kier alpha value is -4.19. The van der Waals surface area contributed by atoms with Gasteiger partial charge in [-0.1, -0.05) is 54.6 Å². The number of aromatic nitrogens is 2. The standard InChI is InChI=1S/C24H20N4O2/c1-30-23-14-8-5-11-18(23)16-25-28-24-26-20(17-9-3-2-4-10-17)15-21(27-24)19-12-6-7-13-22(19)29/h2-16,29H,1H3,(H,26,27,28)/b25-16+. The molecule has 0 fully saturated rings. The Morgan fingerprint density at radius 3 is 2.37 bits per heavy atom. The van der Waals surface area contributed by atoms with Crippen LogP contribution in [0.5, 0.6) is 11.5 Å². The summed E-state index contributed by atoms with van der Waals surface area (Å²) in [5.74, 6) is 1.19. The predicted molar refractivity (Wildman–Crippen MR) is 119 cm³/mol. The molecule has 6 nitrogen and oxygen atoms in total. The minimum atomic E-state index is 0.152. The van der Waals surface area contributed by atoms with Gasteiger partial charge in [-0.3, -0.25) is 0 Å². The monoisotopic (exact) mass is 396 g/mol. The Kier molecular flexibility index (Phi) is 5.66. The lowest BCUT2D eigenvalue weighted by Crippen LogP contribution is -2.01. The van der Waals surface area contributed by atoms with Crippen molar-refractivity contribution in [1.29, 1.82) is 0 Å². The fourth-order valence-electron chi connectivity index (χ4n) is 3.01. The van der Waals surface area contributed by atoms with Gasteiger partial charge in [0.15, 0.2) is 0 Å². The molecular formula is C24H20N4O2. The highest BCUT2D eigenvalue weighted by molar-refractivity contribution is 5.84. The van der Waals surface area contributed by atoms with Gasteiger partial charge < -0.3 is 9.84 Å². The normalized spacial score (nSPS) is 10.8. The number of hydrazone groups is 1. The lowest BCUT2D eigenvalue weighted by atomic mass is 10.1. The molecule has 6 heteroatoms. The molecular weight excluding hydrogens is 376 g/mol. The molecule has 0 aliphatic heterocycles. The molecule has 0 aliphatic rings. The number of para-hydroxylation sites is 2. The summed E-state index contributed by atoms with van der Waals surface area (Å²) < 4.78 is 5.34. The number of phenols is 1. The van der Waals surface area contributed by atoms with Gasteiger partial charge in [-0.25, -0.2) is 15.4 Å². The minimum Gasteiger partial charge on any atom is -0.507 e. The van der Waals surface area contributed by atoms with Crippen LogP contribution in [0.25, 0.3) is 22.5 Å². The molecule has 0 atom stereocenters. The number of nitrogens with one attached hydrogen (secondary N) is 1. The van der Waals surface area contributed by atoms with Crippen LogP contribution in [0.15, 0.2) is 90.0 Å². The summed E-state index contributed by atoms with van der Waals surface area (Å²) in [7, 11) is 1.62. The molecule has 30 heavy (non-hydrogen) atoms. The largest absolute Gasteiger partial charge is 0.507 e. The summed E-state index contributed by atoms with van der Waals surface area (Å²) in [6, 6.07) is 26.3. The van der Waals surface area contributed by atoms with Crippen molar-refractivity contribution in [2.75, 3.05) is 12.5 Å². The highest BCUT2D eigenvalue weighted by atomic mass is 16.5. The van der Waals surface area contributed by atoms with E-state index >= 15 is 0 Å². The zero-order valence-electron chi connectivity index (χ0n) is 16.4. The minimum absolute atomic E-state index is 0.152. The number of ether oxygens (including phenoxy) is 1. The molecule has 0 radical (unpaired) electrons. The summed E-state index contributed by atoms with van der Waals surface area (Å²) in [6.07, 6.45) is 1.65. The molecule has 3 aromatic carbocycles. The maximum atomic E-state index is 10.3. The van der Waals surface area contributed by atoms with Crippen LogP contribution in [0.4, 0.5) is 5.95 Å². The van der Waals surface area contributed by atoms with Gasteiger partial charge >= 0.3 is 0 Å². The lowest BCUT2D eigenvalue weighted by molar-refractivity contribution is 0.414. The number of nitrogens with zero attached hydrogens (tertiary/aromatic N) is 3. The van der Waals surface area contributed by atoms with Gasteiger partial charge in [-0.15, -0.1) is 0 Å². The van der Waals surface area contributed by atoms with E-state index in [9.17, 15) is 5.11 Å². The van der Waals surface area contributed by atoms with Gasteiger partial charge in [-0.2, -0.15) is 5.10 Å². The molecule has 1 heterocycles. The average Bonchev–Trinajstić information content (AvgIpc) is 2.80. The Bertz CT molecular complexity index is 1180. The molecule has 1 aromatic heterocycles. The van der Waals surface area contributed by atoms with E-state index in [2.05, 4.69) is 20.5 Å². The van der Waals surface area contributed by atoms with Gasteiger partial charge in [-0.05, 0) is 30.3 Å². The molecule has 4 aromatic rings. The quantitative estimate of drug-likeness (QED) is 0.355. The van der Waals surface area contributed by atoms with Crippen molar-refractivity contribution in [2.24, 2.45) is 5.10 Å². The highest BCUT2D eigenvalue weighted by Gasteiger charge is 2.11. The molecule has 0 unspecified atom stereocenters. The first-order valence-electron chi connectivity index (χ1n) is 9.39. The van der Waals surface area contributed by atoms with Crippen molar-refractivity contribution in [3.8, 4) is 34.0 Å². The third-order valence-corrected chi connectivity index (χ3v) is 4.48. The van der Waals surface area contributed by atoms with Crippen molar-refractivity contribution in [2.45, 2.75) is 0 Å². The van der Waals surface area contributed by atoms with Gasteiger partial charge in [0.1, 0.15) is 11.5 Å².